The molecule has 1 nitrogen and oxygen atoms in total. The summed E-state index contributed by atoms with van der Waals surface area (Å²) in [6.07, 6.45) is 0. The zero-order chi connectivity index (χ0) is 13.4. The molecule has 0 aliphatic heterocycles. The monoisotopic (exact) mass is 238 g/mol. The van der Waals surface area contributed by atoms with Crippen molar-refractivity contribution in [3.8, 4) is 5.75 Å². The normalized spacial score (nSPS) is 12.7. The molecule has 0 saturated carbocycles. The van der Waals surface area contributed by atoms with E-state index in [1.54, 1.807) is 6.07 Å². The molecular weight excluding hydrogens is 215 g/mol. The Morgan fingerprint density at radius 2 is 1.53 bits per heavy atom. The molecule has 1 aromatic rings. The zero-order valence-electron chi connectivity index (χ0n) is 11.9. The molecule has 17 heavy (non-hydrogen) atoms. The van der Waals surface area contributed by atoms with Gasteiger partial charge in [0, 0.05) is 0 Å². The quantitative estimate of drug-likeness (QED) is 0.694. The van der Waals surface area contributed by atoms with Crippen LogP contribution < -0.4 is 4.74 Å². The summed E-state index contributed by atoms with van der Waals surface area (Å²) in [4.78, 5) is 0. The van der Waals surface area contributed by atoms with Crippen LogP contribution in [0.4, 0.5) is 4.39 Å². The van der Waals surface area contributed by atoms with Crippen LogP contribution in [0.25, 0.3) is 0 Å². The van der Waals surface area contributed by atoms with Crippen molar-refractivity contribution in [3.05, 3.63) is 29.1 Å². The molecule has 0 unspecified atom stereocenters. The first-order valence-corrected chi connectivity index (χ1v) is 6.01. The fourth-order valence-corrected chi connectivity index (χ4v) is 1.98. The predicted molar refractivity (Wildman–Crippen MR) is 70.2 cm³/mol. The van der Waals surface area contributed by atoms with Crippen molar-refractivity contribution in [3.63, 3.8) is 0 Å². The molecule has 1 rings (SSSR count). The van der Waals surface area contributed by atoms with Crippen molar-refractivity contribution in [1.82, 2.24) is 0 Å². The first-order valence-electron chi connectivity index (χ1n) is 6.01. The molecule has 0 bridgehead atoms. The van der Waals surface area contributed by atoms with Gasteiger partial charge in [0.05, 0.1) is 0 Å². The lowest BCUT2D eigenvalue weighted by molar-refractivity contribution is 0.123. The van der Waals surface area contributed by atoms with Crippen molar-refractivity contribution >= 4 is 0 Å². The second-order valence-electron chi connectivity index (χ2n) is 6.53. The van der Waals surface area contributed by atoms with Gasteiger partial charge in [-0.1, -0.05) is 26.8 Å². The van der Waals surface area contributed by atoms with Crippen molar-refractivity contribution < 1.29 is 9.13 Å². The molecular formula is C15H23FO. The first kappa shape index (κ1) is 14.0. The van der Waals surface area contributed by atoms with Crippen LogP contribution in [0.1, 0.15) is 52.7 Å². The predicted octanol–water partition coefficient (Wildman–Crippen LogP) is 4.61. The molecule has 0 aliphatic rings. The van der Waals surface area contributed by atoms with Crippen LogP contribution in [0.3, 0.4) is 0 Å². The first-order chi connectivity index (χ1) is 7.52. The van der Waals surface area contributed by atoms with Crippen molar-refractivity contribution in [1.29, 1.82) is 0 Å². The van der Waals surface area contributed by atoms with E-state index >= 15 is 0 Å². The third-order valence-corrected chi connectivity index (χ3v) is 2.48. The maximum absolute atomic E-state index is 14.4. The molecule has 0 saturated heterocycles. The Kier molecular flexibility index (Phi) is 3.56. The molecule has 0 radical (unpaired) electrons. The number of hydrogen-bond acceptors (Lipinski definition) is 1. The second kappa shape index (κ2) is 4.32. The molecule has 0 N–H and O–H groups in total. The fourth-order valence-electron chi connectivity index (χ4n) is 1.98. The van der Waals surface area contributed by atoms with Crippen LogP contribution in [0.5, 0.6) is 5.75 Å². The molecule has 0 aliphatic carbocycles. The number of aryl methyl sites for hydroxylation is 1. The lowest BCUT2D eigenvalue weighted by Crippen LogP contribution is -2.25. The molecule has 0 heterocycles. The summed E-state index contributed by atoms with van der Waals surface area (Å²) in [6, 6.07) is 3.63. The van der Waals surface area contributed by atoms with Crippen LogP contribution in [0.15, 0.2) is 12.1 Å². The summed E-state index contributed by atoms with van der Waals surface area (Å²) in [7, 11) is 0. The van der Waals surface area contributed by atoms with Crippen LogP contribution >= 0.6 is 0 Å². The van der Waals surface area contributed by atoms with E-state index in [2.05, 4.69) is 0 Å². The number of benzene rings is 1. The number of hydrogen-bond donors (Lipinski definition) is 0. The molecule has 2 heteroatoms. The Balaban J connectivity index is 3.30. The Hall–Kier alpha value is -1.05. The average Bonchev–Trinajstić information content (AvgIpc) is 2.06. The van der Waals surface area contributed by atoms with E-state index in [0.29, 0.717) is 5.75 Å². The van der Waals surface area contributed by atoms with Gasteiger partial charge in [-0.05, 0) is 50.3 Å². The largest absolute Gasteiger partial charge is 0.485 e. The Morgan fingerprint density at radius 1 is 1.00 bits per heavy atom. The fraction of sp³-hybridized carbons (Fsp3) is 0.600. The highest BCUT2D eigenvalue weighted by Crippen LogP contribution is 2.34. The second-order valence-corrected chi connectivity index (χ2v) is 6.53. The van der Waals surface area contributed by atoms with Gasteiger partial charge < -0.3 is 4.74 Å². The zero-order valence-corrected chi connectivity index (χ0v) is 11.9. The van der Waals surface area contributed by atoms with Gasteiger partial charge in [-0.2, -0.15) is 0 Å². The number of halogens is 1. The van der Waals surface area contributed by atoms with Crippen molar-refractivity contribution in [2.75, 3.05) is 0 Å². The summed E-state index contributed by atoms with van der Waals surface area (Å²) in [6.45, 7) is 13.7. The van der Waals surface area contributed by atoms with Gasteiger partial charge in [0.2, 0.25) is 0 Å². The molecule has 0 atom stereocenters. The molecule has 0 aromatic heterocycles. The minimum Gasteiger partial charge on any atom is -0.485 e. The van der Waals surface area contributed by atoms with E-state index in [4.69, 9.17) is 4.74 Å². The van der Waals surface area contributed by atoms with Gasteiger partial charge in [-0.25, -0.2) is 4.39 Å². The van der Waals surface area contributed by atoms with Gasteiger partial charge in [-0.15, -0.1) is 0 Å². The van der Waals surface area contributed by atoms with Gasteiger partial charge in [-0.3, -0.25) is 0 Å². The molecule has 0 fully saturated rings. The maximum atomic E-state index is 14.4. The third-order valence-electron chi connectivity index (χ3n) is 2.48. The van der Waals surface area contributed by atoms with Crippen molar-refractivity contribution in [2.24, 2.45) is 0 Å². The topological polar surface area (TPSA) is 9.23 Å². The average molecular weight is 238 g/mol. The van der Waals surface area contributed by atoms with Crippen molar-refractivity contribution in [2.45, 2.75) is 59.5 Å². The Morgan fingerprint density at radius 3 is 1.94 bits per heavy atom. The van der Waals surface area contributed by atoms with Crippen LogP contribution in [0.2, 0.25) is 0 Å². The lowest BCUT2D eigenvalue weighted by atomic mass is 9.83. The minimum absolute atomic E-state index is 0.217. The summed E-state index contributed by atoms with van der Waals surface area (Å²) in [5, 5.41) is 0. The maximum Gasteiger partial charge on any atom is 0.169 e. The summed E-state index contributed by atoms with van der Waals surface area (Å²) in [5.74, 6) is 0.112. The number of rotatable bonds is 1. The molecule has 96 valence electrons. The van der Waals surface area contributed by atoms with E-state index in [1.807, 2.05) is 54.5 Å². The SMILES string of the molecule is Cc1ccc(OC(C)(C)C)c(F)c1C(C)(C)C. The Labute approximate surface area is 104 Å². The molecule has 0 amide bonds. The minimum atomic E-state index is -0.384. The standard InChI is InChI=1S/C15H23FO/c1-10-8-9-11(17-15(5,6)7)13(16)12(10)14(2,3)4/h8-9H,1-7H3. The summed E-state index contributed by atoms with van der Waals surface area (Å²) < 4.78 is 20.1. The van der Waals surface area contributed by atoms with Crippen LogP contribution in [0, 0.1) is 12.7 Å². The van der Waals surface area contributed by atoms with Crippen LogP contribution in [-0.2, 0) is 5.41 Å². The lowest BCUT2D eigenvalue weighted by Gasteiger charge is -2.27. The van der Waals surface area contributed by atoms with Gasteiger partial charge in [0.1, 0.15) is 5.60 Å². The highest BCUT2D eigenvalue weighted by molar-refractivity contribution is 5.41. The van der Waals surface area contributed by atoms with Gasteiger partial charge >= 0.3 is 0 Å². The van der Waals surface area contributed by atoms with E-state index in [1.165, 1.54) is 0 Å². The van der Waals surface area contributed by atoms with E-state index in [0.717, 1.165) is 11.1 Å². The van der Waals surface area contributed by atoms with E-state index in [9.17, 15) is 4.39 Å². The summed E-state index contributed by atoms with van der Waals surface area (Å²) >= 11 is 0. The highest BCUT2D eigenvalue weighted by Gasteiger charge is 2.25. The van der Waals surface area contributed by atoms with Gasteiger partial charge in [0.25, 0.3) is 0 Å². The molecule has 1 aromatic carbocycles. The smallest absolute Gasteiger partial charge is 0.169 e. The van der Waals surface area contributed by atoms with Crippen LogP contribution in [-0.4, -0.2) is 5.60 Å². The summed E-state index contributed by atoms with van der Waals surface area (Å²) in [5.41, 5.74) is 1.10. The molecule has 0 spiro atoms. The number of ether oxygens (including phenoxy) is 1. The van der Waals surface area contributed by atoms with E-state index in [-0.39, 0.29) is 16.8 Å². The van der Waals surface area contributed by atoms with Gasteiger partial charge in [0.15, 0.2) is 11.6 Å². The van der Waals surface area contributed by atoms with E-state index < -0.39 is 0 Å². The third kappa shape index (κ3) is 3.45. The Bertz CT molecular complexity index is 408. The highest BCUT2D eigenvalue weighted by atomic mass is 19.1.